The molecule has 2 aliphatic rings. The van der Waals surface area contributed by atoms with E-state index in [1.165, 1.54) is 18.9 Å². The first-order valence-electron chi connectivity index (χ1n) is 8.52. The second kappa shape index (κ2) is 7.86. The van der Waals surface area contributed by atoms with Crippen LogP contribution in [0.2, 0.25) is 0 Å². The number of nitrogens with two attached hydrogens (primary N) is 1. The van der Waals surface area contributed by atoms with Crippen molar-refractivity contribution < 1.29 is 19.0 Å². The quantitative estimate of drug-likeness (QED) is 0.751. The normalized spacial score (nSPS) is 18.5. The second-order valence-electron chi connectivity index (χ2n) is 5.92. The number of carbonyl (C=O) groups excluding carboxylic acids is 1. The number of hydrogen-bond acceptors (Lipinski definition) is 9. The number of esters is 1. The molecule has 146 valence electrons. The Labute approximate surface area is 167 Å². The lowest BCUT2D eigenvalue weighted by molar-refractivity contribution is -0.139. The first kappa shape index (κ1) is 19.6. The first-order valence-corrected chi connectivity index (χ1v) is 9.33. The van der Waals surface area contributed by atoms with Gasteiger partial charge in [-0.05, 0) is 37.7 Å². The molecule has 1 atom stereocenters. The Morgan fingerprint density at radius 3 is 2.75 bits per heavy atom. The molecule has 0 saturated carbocycles. The van der Waals surface area contributed by atoms with E-state index in [1.54, 1.807) is 44.1 Å². The number of hydrogen-bond donors (Lipinski definition) is 1. The van der Waals surface area contributed by atoms with E-state index >= 15 is 0 Å². The van der Waals surface area contributed by atoms with Gasteiger partial charge in [-0.1, -0.05) is 0 Å². The average Bonchev–Trinajstić information content (AvgIpc) is 3.01. The fourth-order valence-corrected chi connectivity index (χ4v) is 4.07. The summed E-state index contributed by atoms with van der Waals surface area (Å²) in [4.78, 5) is 19.3. The van der Waals surface area contributed by atoms with Crippen molar-refractivity contribution in [3.8, 4) is 17.6 Å². The number of rotatable bonds is 5. The van der Waals surface area contributed by atoms with Crippen molar-refractivity contribution in [1.82, 2.24) is 4.90 Å². The molecule has 8 nitrogen and oxygen atoms in total. The molecule has 9 heteroatoms. The van der Waals surface area contributed by atoms with Gasteiger partial charge in [0, 0.05) is 11.6 Å². The van der Waals surface area contributed by atoms with E-state index in [2.05, 4.69) is 11.1 Å². The minimum atomic E-state index is -0.647. The summed E-state index contributed by atoms with van der Waals surface area (Å²) in [6, 6.07) is 6.74. The monoisotopic (exact) mass is 400 g/mol. The van der Waals surface area contributed by atoms with Gasteiger partial charge in [-0.2, -0.15) is 5.26 Å². The summed E-state index contributed by atoms with van der Waals surface area (Å²) in [6.07, 6.45) is 0. The Kier molecular flexibility index (Phi) is 5.51. The van der Waals surface area contributed by atoms with E-state index in [1.807, 2.05) is 0 Å². The van der Waals surface area contributed by atoms with Crippen LogP contribution in [0.5, 0.6) is 11.5 Å². The van der Waals surface area contributed by atoms with E-state index in [0.29, 0.717) is 38.4 Å². The molecular formula is C19H20N4O4S. The van der Waals surface area contributed by atoms with Crippen LogP contribution >= 0.6 is 11.8 Å². The summed E-state index contributed by atoms with van der Waals surface area (Å²) in [5.41, 5.74) is 7.77. The van der Waals surface area contributed by atoms with Gasteiger partial charge in [-0.3, -0.25) is 4.90 Å². The fraction of sp³-hybridized carbons (Fsp3) is 0.316. The second-order valence-corrected chi connectivity index (χ2v) is 6.90. The third-order valence-corrected chi connectivity index (χ3v) is 5.38. The van der Waals surface area contributed by atoms with Gasteiger partial charge in [-0.15, -0.1) is 0 Å². The maximum Gasteiger partial charge on any atom is 0.338 e. The van der Waals surface area contributed by atoms with Crippen LogP contribution in [0.4, 0.5) is 0 Å². The van der Waals surface area contributed by atoms with Crippen LogP contribution < -0.4 is 15.2 Å². The van der Waals surface area contributed by atoms with Crippen molar-refractivity contribution in [3.05, 3.63) is 45.8 Å². The number of ether oxygens (including phenoxy) is 3. The highest BCUT2D eigenvalue weighted by Crippen LogP contribution is 2.47. The summed E-state index contributed by atoms with van der Waals surface area (Å²) in [5, 5.41) is 9.93. The number of amidine groups is 1. The smallest absolute Gasteiger partial charge is 0.338 e. The van der Waals surface area contributed by atoms with E-state index in [4.69, 9.17) is 19.9 Å². The van der Waals surface area contributed by atoms with Gasteiger partial charge >= 0.3 is 5.97 Å². The van der Waals surface area contributed by atoms with E-state index < -0.39 is 12.0 Å². The molecule has 0 unspecified atom stereocenters. The molecule has 0 aliphatic carbocycles. The zero-order chi connectivity index (χ0) is 20.4. The molecule has 1 aromatic carbocycles. The van der Waals surface area contributed by atoms with Crippen LogP contribution in [-0.2, 0) is 9.53 Å². The SMILES string of the molecule is CCOC(=O)C1=C(C)N=C2SC(C#N)=C(N)N2[C@@H]1c1ccc(OC)cc1OC. The van der Waals surface area contributed by atoms with Crippen molar-refractivity contribution >= 4 is 22.9 Å². The van der Waals surface area contributed by atoms with Gasteiger partial charge in [0.15, 0.2) is 5.17 Å². The van der Waals surface area contributed by atoms with Gasteiger partial charge in [0.05, 0.1) is 32.1 Å². The van der Waals surface area contributed by atoms with Gasteiger partial charge < -0.3 is 19.9 Å². The van der Waals surface area contributed by atoms with Crippen LogP contribution in [0.15, 0.2) is 45.2 Å². The summed E-state index contributed by atoms with van der Waals surface area (Å²) in [6.45, 7) is 3.70. The molecular weight excluding hydrogens is 380 g/mol. The number of thioether (sulfide) groups is 1. The molecule has 0 aromatic heterocycles. The Morgan fingerprint density at radius 1 is 1.39 bits per heavy atom. The number of methoxy groups -OCH3 is 2. The van der Waals surface area contributed by atoms with E-state index in [9.17, 15) is 10.1 Å². The Bertz CT molecular complexity index is 961. The Morgan fingerprint density at radius 2 is 2.14 bits per heavy atom. The van der Waals surface area contributed by atoms with Crippen LogP contribution in [0.1, 0.15) is 25.5 Å². The van der Waals surface area contributed by atoms with Crippen LogP contribution in [0.3, 0.4) is 0 Å². The zero-order valence-electron chi connectivity index (χ0n) is 16.0. The molecule has 0 bridgehead atoms. The van der Waals surface area contributed by atoms with Crippen molar-refractivity contribution in [1.29, 1.82) is 5.26 Å². The molecule has 28 heavy (non-hydrogen) atoms. The highest BCUT2D eigenvalue weighted by atomic mass is 32.2. The van der Waals surface area contributed by atoms with E-state index in [0.717, 1.165) is 0 Å². The summed E-state index contributed by atoms with van der Waals surface area (Å²) >= 11 is 1.17. The van der Waals surface area contributed by atoms with Crippen molar-refractivity contribution in [2.45, 2.75) is 19.9 Å². The lowest BCUT2D eigenvalue weighted by Crippen LogP contribution is -2.39. The molecule has 1 aromatic rings. The predicted octanol–water partition coefficient (Wildman–Crippen LogP) is 2.65. The zero-order valence-corrected chi connectivity index (χ0v) is 16.8. The molecule has 0 fully saturated rings. The summed E-state index contributed by atoms with van der Waals surface area (Å²) in [5.74, 6) is 0.876. The van der Waals surface area contributed by atoms with Gasteiger partial charge in [0.25, 0.3) is 0 Å². The van der Waals surface area contributed by atoms with Crippen molar-refractivity contribution in [2.75, 3.05) is 20.8 Å². The summed E-state index contributed by atoms with van der Waals surface area (Å²) < 4.78 is 16.1. The van der Waals surface area contributed by atoms with Crippen LogP contribution in [0, 0.1) is 11.3 Å². The average molecular weight is 400 g/mol. The molecule has 0 amide bonds. The van der Waals surface area contributed by atoms with Gasteiger partial charge in [0.1, 0.15) is 34.3 Å². The molecule has 0 spiro atoms. The minimum Gasteiger partial charge on any atom is -0.497 e. The standard InChI is InChI=1S/C19H20N4O4S/c1-5-27-18(24)15-10(2)22-19-23(17(21)14(9-20)28-19)16(15)12-7-6-11(25-3)8-13(12)26-4/h6-8,16H,5,21H2,1-4H3/t16-/m1/s1. The molecule has 0 saturated heterocycles. The first-order chi connectivity index (χ1) is 13.5. The number of aliphatic imine (C=N–C) groups is 1. The molecule has 2 N–H and O–H groups in total. The number of carbonyl (C=O) groups is 1. The number of fused-ring (bicyclic) bond motifs is 1. The van der Waals surface area contributed by atoms with Crippen molar-refractivity contribution in [2.24, 2.45) is 10.7 Å². The third-order valence-electron chi connectivity index (χ3n) is 4.41. The highest BCUT2D eigenvalue weighted by molar-refractivity contribution is 8.17. The number of allylic oxidation sites excluding steroid dienone is 2. The van der Waals surface area contributed by atoms with E-state index in [-0.39, 0.29) is 12.4 Å². The topological polar surface area (TPSA) is 110 Å². The fourth-order valence-electron chi connectivity index (χ4n) is 3.15. The maximum atomic E-state index is 12.8. The number of nitriles is 1. The van der Waals surface area contributed by atoms with Crippen molar-refractivity contribution in [3.63, 3.8) is 0 Å². The highest BCUT2D eigenvalue weighted by Gasteiger charge is 2.43. The molecule has 2 aliphatic heterocycles. The Hall–Kier alpha value is -3.12. The lowest BCUT2D eigenvalue weighted by Gasteiger charge is -2.35. The maximum absolute atomic E-state index is 12.8. The Balaban J connectivity index is 2.24. The predicted molar refractivity (Wildman–Crippen MR) is 105 cm³/mol. The lowest BCUT2D eigenvalue weighted by atomic mass is 9.93. The van der Waals surface area contributed by atoms with Gasteiger partial charge in [0.2, 0.25) is 0 Å². The minimum absolute atomic E-state index is 0.224. The molecule has 3 rings (SSSR count). The van der Waals surface area contributed by atoms with Crippen LogP contribution in [-0.4, -0.2) is 36.9 Å². The largest absolute Gasteiger partial charge is 0.497 e. The third kappa shape index (κ3) is 3.16. The number of nitrogens with zero attached hydrogens (tertiary/aromatic N) is 3. The summed E-state index contributed by atoms with van der Waals surface area (Å²) in [7, 11) is 3.10. The molecule has 2 heterocycles. The molecule has 0 radical (unpaired) electrons. The van der Waals surface area contributed by atoms with Gasteiger partial charge in [-0.25, -0.2) is 9.79 Å². The van der Waals surface area contributed by atoms with Crippen LogP contribution in [0.25, 0.3) is 0 Å². The number of benzene rings is 1.